The third-order valence-electron chi connectivity index (χ3n) is 2.60. The summed E-state index contributed by atoms with van der Waals surface area (Å²) in [6.45, 7) is 0. The second-order valence-corrected chi connectivity index (χ2v) is 5.00. The lowest BCUT2D eigenvalue weighted by atomic mass is 10.1. The van der Waals surface area contributed by atoms with Gasteiger partial charge in [0.25, 0.3) is 5.91 Å². The molecule has 0 unspecified atom stereocenters. The zero-order valence-electron chi connectivity index (χ0n) is 10.4. The number of aromatic carboxylic acids is 1. The number of benzene rings is 2. The highest BCUT2D eigenvalue weighted by Gasteiger charge is 2.18. The molecule has 108 valence electrons. The number of carboxylic acids is 1. The molecular formula is C14H8BrF2NO3. The maximum absolute atomic E-state index is 13.6. The van der Waals surface area contributed by atoms with E-state index >= 15 is 0 Å². The molecule has 2 N–H and O–H groups in total. The summed E-state index contributed by atoms with van der Waals surface area (Å²) in [5.41, 5.74) is -0.662. The molecule has 0 atom stereocenters. The number of nitrogens with one attached hydrogen (secondary N) is 1. The number of carboxylic acid groups (broad SMARTS) is 1. The Hall–Kier alpha value is -2.28. The Morgan fingerprint density at radius 2 is 1.71 bits per heavy atom. The molecule has 0 aromatic heterocycles. The van der Waals surface area contributed by atoms with Gasteiger partial charge in [-0.05, 0) is 30.3 Å². The van der Waals surface area contributed by atoms with Gasteiger partial charge >= 0.3 is 5.97 Å². The van der Waals surface area contributed by atoms with Crippen LogP contribution in [0.25, 0.3) is 0 Å². The molecule has 0 spiro atoms. The van der Waals surface area contributed by atoms with Crippen molar-refractivity contribution in [2.75, 3.05) is 5.32 Å². The van der Waals surface area contributed by atoms with Gasteiger partial charge in [-0.3, -0.25) is 4.79 Å². The Morgan fingerprint density at radius 1 is 1.10 bits per heavy atom. The zero-order chi connectivity index (χ0) is 15.6. The van der Waals surface area contributed by atoms with E-state index in [0.717, 1.165) is 12.1 Å². The number of halogens is 3. The molecule has 7 heteroatoms. The Bertz CT molecular complexity index is 711. The normalized spacial score (nSPS) is 10.2. The minimum absolute atomic E-state index is 0.0513. The van der Waals surface area contributed by atoms with Gasteiger partial charge in [0.15, 0.2) is 0 Å². The van der Waals surface area contributed by atoms with Crippen molar-refractivity contribution in [3.05, 3.63) is 63.6 Å². The van der Waals surface area contributed by atoms with Crippen LogP contribution in [0.2, 0.25) is 0 Å². The lowest BCUT2D eigenvalue weighted by molar-refractivity contribution is 0.0696. The minimum Gasteiger partial charge on any atom is -0.478 e. The first-order chi connectivity index (χ1) is 9.88. The van der Waals surface area contributed by atoms with Crippen LogP contribution in [-0.4, -0.2) is 17.0 Å². The van der Waals surface area contributed by atoms with Gasteiger partial charge in [0, 0.05) is 10.2 Å². The van der Waals surface area contributed by atoms with E-state index in [0.29, 0.717) is 0 Å². The standard InChI is InChI=1S/C14H8BrF2NO3/c15-8-5-10(16)12(11(17)6-8)13(19)18-9-3-1-2-7(4-9)14(20)21/h1-6H,(H,18,19)(H,20,21). The van der Waals surface area contributed by atoms with Crippen LogP contribution < -0.4 is 5.32 Å². The molecule has 0 radical (unpaired) electrons. The molecule has 0 bridgehead atoms. The first-order valence-corrected chi connectivity index (χ1v) is 6.47. The molecule has 2 aromatic rings. The number of anilines is 1. The van der Waals surface area contributed by atoms with Crippen molar-refractivity contribution in [2.24, 2.45) is 0 Å². The molecule has 0 heterocycles. The highest BCUT2D eigenvalue weighted by Crippen LogP contribution is 2.21. The van der Waals surface area contributed by atoms with E-state index in [9.17, 15) is 18.4 Å². The fraction of sp³-hybridized carbons (Fsp3) is 0. The van der Waals surface area contributed by atoms with Crippen molar-refractivity contribution in [1.82, 2.24) is 0 Å². The number of carbonyl (C=O) groups is 2. The topological polar surface area (TPSA) is 66.4 Å². The molecule has 0 aliphatic heterocycles. The van der Waals surface area contributed by atoms with Crippen LogP contribution >= 0.6 is 15.9 Å². The van der Waals surface area contributed by atoms with Gasteiger partial charge in [-0.15, -0.1) is 0 Å². The molecule has 1 amide bonds. The molecule has 2 rings (SSSR count). The average molecular weight is 356 g/mol. The van der Waals surface area contributed by atoms with Crippen LogP contribution in [0.3, 0.4) is 0 Å². The molecule has 2 aromatic carbocycles. The summed E-state index contributed by atoms with van der Waals surface area (Å²) in [4.78, 5) is 22.7. The van der Waals surface area contributed by atoms with Crippen molar-refractivity contribution in [1.29, 1.82) is 0 Å². The quantitative estimate of drug-likeness (QED) is 0.882. The van der Waals surface area contributed by atoms with Gasteiger partial charge in [-0.25, -0.2) is 13.6 Å². The van der Waals surface area contributed by atoms with Crippen molar-refractivity contribution in [3.8, 4) is 0 Å². The smallest absolute Gasteiger partial charge is 0.335 e. The number of hydrogen-bond donors (Lipinski definition) is 2. The maximum atomic E-state index is 13.6. The van der Waals surface area contributed by atoms with E-state index < -0.39 is 29.1 Å². The van der Waals surface area contributed by atoms with Gasteiger partial charge in [-0.2, -0.15) is 0 Å². The molecular weight excluding hydrogens is 348 g/mol. The van der Waals surface area contributed by atoms with E-state index in [2.05, 4.69) is 21.2 Å². The first kappa shape index (κ1) is 15.1. The number of rotatable bonds is 3. The monoisotopic (exact) mass is 355 g/mol. The van der Waals surface area contributed by atoms with E-state index in [1.165, 1.54) is 24.3 Å². The third-order valence-corrected chi connectivity index (χ3v) is 3.06. The summed E-state index contributed by atoms with van der Waals surface area (Å²) in [6, 6.07) is 7.28. The van der Waals surface area contributed by atoms with E-state index in [-0.39, 0.29) is 15.7 Å². The van der Waals surface area contributed by atoms with Crippen LogP contribution in [0.15, 0.2) is 40.9 Å². The second-order valence-electron chi connectivity index (χ2n) is 4.08. The number of amides is 1. The summed E-state index contributed by atoms with van der Waals surface area (Å²) in [7, 11) is 0. The van der Waals surface area contributed by atoms with Gasteiger partial charge in [0.2, 0.25) is 0 Å². The predicted molar refractivity (Wildman–Crippen MR) is 75.4 cm³/mol. The molecule has 4 nitrogen and oxygen atoms in total. The van der Waals surface area contributed by atoms with Gasteiger partial charge < -0.3 is 10.4 Å². The summed E-state index contributed by atoms with van der Waals surface area (Å²) in [6.07, 6.45) is 0. The van der Waals surface area contributed by atoms with E-state index in [1.54, 1.807) is 0 Å². The summed E-state index contributed by atoms with van der Waals surface area (Å²) in [5.74, 6) is -4.21. The van der Waals surface area contributed by atoms with Crippen molar-refractivity contribution >= 4 is 33.5 Å². The summed E-state index contributed by atoms with van der Waals surface area (Å²) in [5, 5.41) is 11.1. The Kier molecular flexibility index (Phi) is 4.32. The third kappa shape index (κ3) is 3.43. The largest absolute Gasteiger partial charge is 0.478 e. The lowest BCUT2D eigenvalue weighted by Crippen LogP contribution is -2.16. The van der Waals surface area contributed by atoms with Crippen LogP contribution in [0, 0.1) is 11.6 Å². The van der Waals surface area contributed by atoms with Crippen molar-refractivity contribution in [2.45, 2.75) is 0 Å². The summed E-state index contributed by atoms with van der Waals surface area (Å²) < 4.78 is 27.5. The minimum atomic E-state index is -1.17. The molecule has 0 aliphatic rings. The van der Waals surface area contributed by atoms with Crippen molar-refractivity contribution < 1.29 is 23.5 Å². The predicted octanol–water partition coefficient (Wildman–Crippen LogP) is 3.68. The fourth-order valence-electron chi connectivity index (χ4n) is 1.68. The molecule has 0 saturated carbocycles. The molecule has 0 aliphatic carbocycles. The highest BCUT2D eigenvalue weighted by molar-refractivity contribution is 9.10. The van der Waals surface area contributed by atoms with Crippen LogP contribution in [0.4, 0.5) is 14.5 Å². The summed E-state index contributed by atoms with van der Waals surface area (Å²) >= 11 is 2.91. The number of hydrogen-bond acceptors (Lipinski definition) is 2. The Balaban J connectivity index is 2.30. The maximum Gasteiger partial charge on any atom is 0.335 e. The van der Waals surface area contributed by atoms with Crippen LogP contribution in [0.5, 0.6) is 0 Å². The SMILES string of the molecule is O=C(O)c1cccc(NC(=O)c2c(F)cc(Br)cc2F)c1. The van der Waals surface area contributed by atoms with Gasteiger partial charge in [-0.1, -0.05) is 22.0 Å². The Morgan fingerprint density at radius 3 is 2.29 bits per heavy atom. The first-order valence-electron chi connectivity index (χ1n) is 5.67. The molecule has 21 heavy (non-hydrogen) atoms. The molecule has 0 saturated heterocycles. The zero-order valence-corrected chi connectivity index (χ0v) is 11.9. The van der Waals surface area contributed by atoms with E-state index in [1.807, 2.05) is 0 Å². The van der Waals surface area contributed by atoms with Crippen LogP contribution in [-0.2, 0) is 0 Å². The van der Waals surface area contributed by atoms with Crippen molar-refractivity contribution in [3.63, 3.8) is 0 Å². The van der Waals surface area contributed by atoms with E-state index in [4.69, 9.17) is 5.11 Å². The van der Waals surface area contributed by atoms with Gasteiger partial charge in [0.05, 0.1) is 5.56 Å². The Labute approximate surface area is 126 Å². The number of carbonyl (C=O) groups excluding carboxylic acids is 1. The van der Waals surface area contributed by atoms with Gasteiger partial charge in [0.1, 0.15) is 17.2 Å². The molecule has 0 fully saturated rings. The average Bonchev–Trinajstić information content (AvgIpc) is 2.37. The second kappa shape index (κ2) is 6.01. The lowest BCUT2D eigenvalue weighted by Gasteiger charge is -2.08. The highest BCUT2D eigenvalue weighted by atomic mass is 79.9. The van der Waals surface area contributed by atoms with Crippen LogP contribution in [0.1, 0.15) is 20.7 Å². The fourth-order valence-corrected chi connectivity index (χ4v) is 2.08.